The number of fused-ring (bicyclic) bond motifs is 1. The van der Waals surface area contributed by atoms with Crippen LogP contribution in [0.2, 0.25) is 0 Å². The normalized spacial score (nSPS) is 16.8. The van der Waals surface area contributed by atoms with Gasteiger partial charge in [0.25, 0.3) is 5.91 Å². The number of carbonyl (C=O) groups excluding carboxylic acids is 1. The van der Waals surface area contributed by atoms with Crippen molar-refractivity contribution in [2.45, 2.75) is 39.3 Å². The van der Waals surface area contributed by atoms with Crippen LogP contribution in [0.15, 0.2) is 53.1 Å². The lowest BCUT2D eigenvalue weighted by Gasteiger charge is -2.34. The molecule has 6 nitrogen and oxygen atoms in total. The molecule has 2 aliphatic rings. The van der Waals surface area contributed by atoms with E-state index in [2.05, 4.69) is 63.4 Å². The van der Waals surface area contributed by atoms with Gasteiger partial charge < -0.3 is 9.73 Å². The second kappa shape index (κ2) is 9.27. The van der Waals surface area contributed by atoms with Crippen molar-refractivity contribution < 1.29 is 9.21 Å². The van der Waals surface area contributed by atoms with Crippen LogP contribution in [-0.4, -0.2) is 46.9 Å². The Balaban J connectivity index is 1.12. The Hall–Kier alpha value is -2.96. The maximum Gasteiger partial charge on any atom is 0.277 e. The largest absolute Gasteiger partial charge is 0.447 e. The number of aryl methyl sites for hydroxylation is 3. The summed E-state index contributed by atoms with van der Waals surface area (Å²) in [5, 5.41) is 2.96. The Kier molecular flexibility index (Phi) is 6.06. The molecule has 32 heavy (non-hydrogen) atoms. The average Bonchev–Trinajstić information content (AvgIpc) is 3.44. The van der Waals surface area contributed by atoms with Crippen LogP contribution in [0.1, 0.15) is 45.1 Å². The molecule has 3 aromatic rings. The van der Waals surface area contributed by atoms with Crippen LogP contribution in [0.5, 0.6) is 0 Å². The van der Waals surface area contributed by atoms with E-state index in [1.54, 1.807) is 0 Å². The highest BCUT2D eigenvalue weighted by Crippen LogP contribution is 2.25. The van der Waals surface area contributed by atoms with E-state index < -0.39 is 0 Å². The Morgan fingerprint density at radius 3 is 2.59 bits per heavy atom. The molecule has 0 radical (unpaired) electrons. The van der Waals surface area contributed by atoms with E-state index in [0.717, 1.165) is 51.3 Å². The smallest absolute Gasteiger partial charge is 0.277 e. The second-order valence-corrected chi connectivity index (χ2v) is 8.96. The maximum absolute atomic E-state index is 12.6. The van der Waals surface area contributed by atoms with Gasteiger partial charge in [-0.15, -0.1) is 0 Å². The van der Waals surface area contributed by atoms with Gasteiger partial charge in [0.15, 0.2) is 5.69 Å². The van der Waals surface area contributed by atoms with Crippen LogP contribution < -0.4 is 5.32 Å². The standard InChI is InChI=1S/C26H30N4O2/c1-19-4-2-5-20(14-19)16-29-10-12-30(13-11-29)17-25-28-24(18-32-25)26(31)27-23-9-8-21-6-3-7-22(21)15-23/h2,4-5,8-9,14-15,18H,3,6-7,10-13,16-17H2,1H3,(H,27,31). The second-order valence-electron chi connectivity index (χ2n) is 8.96. The van der Waals surface area contributed by atoms with Crippen molar-refractivity contribution in [3.05, 3.63) is 82.6 Å². The number of piperazine rings is 1. The number of oxazole rings is 1. The SMILES string of the molecule is Cc1cccc(CN2CCN(Cc3nc(C(=O)Nc4ccc5c(c4)CCC5)co3)CC2)c1. The summed E-state index contributed by atoms with van der Waals surface area (Å²) >= 11 is 0. The third-order valence-corrected chi connectivity index (χ3v) is 6.45. The first-order valence-corrected chi connectivity index (χ1v) is 11.5. The first-order valence-electron chi connectivity index (χ1n) is 11.5. The number of anilines is 1. The molecule has 0 atom stereocenters. The highest BCUT2D eigenvalue weighted by atomic mass is 16.3. The molecule has 1 aromatic heterocycles. The molecular formula is C26H30N4O2. The molecule has 0 unspecified atom stereocenters. The number of hydrogen-bond acceptors (Lipinski definition) is 5. The third kappa shape index (κ3) is 4.92. The Morgan fingerprint density at radius 2 is 1.78 bits per heavy atom. The van der Waals surface area contributed by atoms with Crippen LogP contribution >= 0.6 is 0 Å². The van der Waals surface area contributed by atoms with Crippen LogP contribution in [0.25, 0.3) is 0 Å². The van der Waals surface area contributed by atoms with Crippen LogP contribution in [0.3, 0.4) is 0 Å². The topological polar surface area (TPSA) is 61.6 Å². The van der Waals surface area contributed by atoms with Crippen LogP contribution in [0.4, 0.5) is 5.69 Å². The van der Waals surface area contributed by atoms with Gasteiger partial charge in [-0.05, 0) is 55.0 Å². The molecule has 1 amide bonds. The van der Waals surface area contributed by atoms with E-state index in [-0.39, 0.29) is 5.91 Å². The minimum atomic E-state index is -0.221. The van der Waals surface area contributed by atoms with E-state index in [4.69, 9.17) is 4.42 Å². The number of hydrogen-bond donors (Lipinski definition) is 1. The summed E-state index contributed by atoms with van der Waals surface area (Å²) in [5.41, 5.74) is 6.56. The van der Waals surface area contributed by atoms with Crippen molar-refractivity contribution >= 4 is 11.6 Å². The van der Waals surface area contributed by atoms with Gasteiger partial charge >= 0.3 is 0 Å². The van der Waals surface area contributed by atoms with Crippen molar-refractivity contribution in [3.8, 4) is 0 Å². The highest BCUT2D eigenvalue weighted by Gasteiger charge is 2.20. The molecule has 2 aromatic carbocycles. The van der Waals surface area contributed by atoms with E-state index in [0.29, 0.717) is 18.1 Å². The first kappa shape index (κ1) is 20.9. The zero-order valence-electron chi connectivity index (χ0n) is 18.6. The van der Waals surface area contributed by atoms with E-state index in [1.165, 1.54) is 34.9 Å². The van der Waals surface area contributed by atoms with Crippen molar-refractivity contribution in [2.24, 2.45) is 0 Å². The van der Waals surface area contributed by atoms with Crippen LogP contribution in [0, 0.1) is 6.92 Å². The molecule has 1 aliphatic heterocycles. The molecular weight excluding hydrogens is 400 g/mol. The van der Waals surface area contributed by atoms with Gasteiger partial charge in [0.2, 0.25) is 5.89 Å². The Labute approximate surface area is 189 Å². The molecule has 5 rings (SSSR count). The number of nitrogens with zero attached hydrogens (tertiary/aromatic N) is 3. The molecule has 0 bridgehead atoms. The summed E-state index contributed by atoms with van der Waals surface area (Å²) in [4.78, 5) is 21.9. The lowest BCUT2D eigenvalue weighted by Crippen LogP contribution is -2.45. The number of nitrogens with one attached hydrogen (secondary N) is 1. The van der Waals surface area contributed by atoms with Gasteiger partial charge in [0, 0.05) is 38.4 Å². The minimum Gasteiger partial charge on any atom is -0.447 e. The molecule has 1 fully saturated rings. The molecule has 2 heterocycles. The summed E-state index contributed by atoms with van der Waals surface area (Å²) in [5.74, 6) is 0.372. The predicted molar refractivity (Wildman–Crippen MR) is 125 cm³/mol. The first-order chi connectivity index (χ1) is 15.6. The molecule has 0 saturated carbocycles. The fraction of sp³-hybridized carbons (Fsp3) is 0.385. The van der Waals surface area contributed by atoms with Gasteiger partial charge in [-0.2, -0.15) is 0 Å². The molecule has 6 heteroatoms. The molecule has 1 saturated heterocycles. The quantitative estimate of drug-likeness (QED) is 0.640. The fourth-order valence-corrected chi connectivity index (χ4v) is 4.70. The van der Waals surface area contributed by atoms with Crippen molar-refractivity contribution in [2.75, 3.05) is 31.5 Å². The maximum atomic E-state index is 12.6. The van der Waals surface area contributed by atoms with Gasteiger partial charge in [-0.3, -0.25) is 14.6 Å². The van der Waals surface area contributed by atoms with Gasteiger partial charge in [0.1, 0.15) is 6.26 Å². The zero-order valence-corrected chi connectivity index (χ0v) is 18.6. The minimum absolute atomic E-state index is 0.221. The number of aromatic nitrogens is 1. The Morgan fingerprint density at radius 1 is 1.00 bits per heavy atom. The number of amides is 1. The van der Waals surface area contributed by atoms with Crippen LogP contribution in [-0.2, 0) is 25.9 Å². The summed E-state index contributed by atoms with van der Waals surface area (Å²) in [7, 11) is 0. The van der Waals surface area contributed by atoms with Crippen molar-refractivity contribution in [1.29, 1.82) is 0 Å². The van der Waals surface area contributed by atoms with E-state index >= 15 is 0 Å². The lowest BCUT2D eigenvalue weighted by atomic mass is 10.1. The van der Waals surface area contributed by atoms with Crippen molar-refractivity contribution in [3.63, 3.8) is 0 Å². The lowest BCUT2D eigenvalue weighted by molar-refractivity contribution is 0.102. The summed E-state index contributed by atoms with van der Waals surface area (Å²) in [6.07, 6.45) is 4.88. The van der Waals surface area contributed by atoms with E-state index in [9.17, 15) is 4.79 Å². The zero-order chi connectivity index (χ0) is 21.9. The van der Waals surface area contributed by atoms with Gasteiger partial charge in [-0.1, -0.05) is 35.9 Å². The molecule has 166 valence electrons. The molecule has 0 spiro atoms. The van der Waals surface area contributed by atoms with Gasteiger partial charge in [-0.25, -0.2) is 4.98 Å². The van der Waals surface area contributed by atoms with E-state index in [1.807, 2.05) is 6.07 Å². The summed E-state index contributed by atoms with van der Waals surface area (Å²) < 4.78 is 5.61. The predicted octanol–water partition coefficient (Wildman–Crippen LogP) is 4.04. The summed E-state index contributed by atoms with van der Waals surface area (Å²) in [6, 6.07) is 14.9. The fourth-order valence-electron chi connectivity index (χ4n) is 4.70. The number of benzene rings is 2. The van der Waals surface area contributed by atoms with Crippen molar-refractivity contribution in [1.82, 2.24) is 14.8 Å². The Bertz CT molecular complexity index is 1100. The monoisotopic (exact) mass is 430 g/mol. The number of rotatable bonds is 6. The summed E-state index contributed by atoms with van der Waals surface area (Å²) in [6.45, 7) is 7.71. The molecule has 1 N–H and O–H groups in total. The molecule has 1 aliphatic carbocycles. The third-order valence-electron chi connectivity index (χ3n) is 6.45. The highest BCUT2D eigenvalue weighted by molar-refractivity contribution is 6.02. The average molecular weight is 431 g/mol. The number of carbonyl (C=O) groups is 1. The van der Waals surface area contributed by atoms with Gasteiger partial charge in [0.05, 0.1) is 6.54 Å².